The largest absolute Gasteiger partial charge is 0.366 e. The van der Waals surface area contributed by atoms with E-state index in [1.807, 2.05) is 13.8 Å². The van der Waals surface area contributed by atoms with E-state index in [1.54, 1.807) is 25.1 Å². The van der Waals surface area contributed by atoms with Gasteiger partial charge in [-0.25, -0.2) is 4.79 Å². The number of anilines is 1. The van der Waals surface area contributed by atoms with Crippen LogP contribution in [0.25, 0.3) is 0 Å². The van der Waals surface area contributed by atoms with Crippen LogP contribution >= 0.6 is 0 Å². The molecular weight excluding hydrogens is 218 g/mol. The molecule has 1 aromatic carbocycles. The number of benzene rings is 1. The Hall–Kier alpha value is -2.04. The molecule has 0 saturated heterocycles. The number of aryl methyl sites for hydroxylation is 1. The van der Waals surface area contributed by atoms with Crippen LogP contribution in [-0.2, 0) is 0 Å². The molecule has 0 atom stereocenters. The summed E-state index contributed by atoms with van der Waals surface area (Å²) >= 11 is 0. The second-order valence-electron chi connectivity index (χ2n) is 4.15. The number of rotatable bonds is 3. The molecule has 0 aliphatic carbocycles. The van der Waals surface area contributed by atoms with Crippen LogP contribution in [0.15, 0.2) is 18.2 Å². The van der Waals surface area contributed by atoms with E-state index in [0.29, 0.717) is 11.3 Å². The molecule has 0 aliphatic heterocycles. The molecule has 0 saturated carbocycles. The van der Waals surface area contributed by atoms with Gasteiger partial charge in [0, 0.05) is 17.3 Å². The van der Waals surface area contributed by atoms with Gasteiger partial charge in [0.05, 0.1) is 0 Å². The highest BCUT2D eigenvalue weighted by molar-refractivity contribution is 5.97. The van der Waals surface area contributed by atoms with Crippen molar-refractivity contribution in [2.75, 3.05) is 5.32 Å². The first kappa shape index (κ1) is 13.0. The fourth-order valence-electron chi connectivity index (χ4n) is 1.39. The Morgan fingerprint density at radius 3 is 2.47 bits per heavy atom. The van der Waals surface area contributed by atoms with Gasteiger partial charge in [-0.2, -0.15) is 0 Å². The van der Waals surface area contributed by atoms with Crippen molar-refractivity contribution in [1.29, 1.82) is 0 Å². The van der Waals surface area contributed by atoms with Crippen LogP contribution in [0.3, 0.4) is 0 Å². The van der Waals surface area contributed by atoms with Gasteiger partial charge >= 0.3 is 6.03 Å². The zero-order valence-corrected chi connectivity index (χ0v) is 10.2. The molecule has 5 nitrogen and oxygen atoms in total. The van der Waals surface area contributed by atoms with Crippen molar-refractivity contribution in [2.45, 2.75) is 26.8 Å². The monoisotopic (exact) mass is 235 g/mol. The van der Waals surface area contributed by atoms with E-state index >= 15 is 0 Å². The average Bonchev–Trinajstić information content (AvgIpc) is 2.19. The molecule has 0 bridgehead atoms. The Bertz CT molecular complexity index is 441. The van der Waals surface area contributed by atoms with Gasteiger partial charge in [0.1, 0.15) is 0 Å². The number of urea groups is 1. The maximum absolute atomic E-state index is 11.5. The molecule has 0 radical (unpaired) electrons. The standard InChI is InChI=1S/C12H17N3O2/c1-7(2)14-12(17)15-9-5-4-8(3)10(6-9)11(13)16/h4-7H,1-3H3,(H2,13,16)(H2,14,15,17). The third-order valence-corrected chi connectivity index (χ3v) is 2.18. The van der Waals surface area contributed by atoms with Crippen molar-refractivity contribution in [1.82, 2.24) is 5.32 Å². The number of nitrogens with one attached hydrogen (secondary N) is 2. The predicted octanol–water partition coefficient (Wildman–Crippen LogP) is 1.62. The van der Waals surface area contributed by atoms with Gasteiger partial charge in [-0.1, -0.05) is 6.07 Å². The van der Waals surface area contributed by atoms with E-state index in [9.17, 15) is 9.59 Å². The number of hydrogen-bond acceptors (Lipinski definition) is 2. The number of carbonyl (C=O) groups excluding carboxylic acids is 2. The van der Waals surface area contributed by atoms with Crippen LogP contribution < -0.4 is 16.4 Å². The van der Waals surface area contributed by atoms with Gasteiger partial charge in [0.25, 0.3) is 0 Å². The van der Waals surface area contributed by atoms with E-state index in [0.717, 1.165) is 5.56 Å². The Labute approximate surface area is 100 Å². The molecule has 0 aliphatic rings. The van der Waals surface area contributed by atoms with Crippen molar-refractivity contribution in [3.05, 3.63) is 29.3 Å². The highest BCUT2D eigenvalue weighted by Gasteiger charge is 2.08. The second kappa shape index (κ2) is 5.34. The summed E-state index contributed by atoms with van der Waals surface area (Å²) in [5.41, 5.74) is 6.97. The van der Waals surface area contributed by atoms with Crippen molar-refractivity contribution >= 4 is 17.6 Å². The van der Waals surface area contributed by atoms with Crippen LogP contribution in [0, 0.1) is 6.92 Å². The minimum absolute atomic E-state index is 0.0519. The normalized spacial score (nSPS) is 10.1. The summed E-state index contributed by atoms with van der Waals surface area (Å²) in [6, 6.07) is 4.78. The molecule has 4 N–H and O–H groups in total. The Morgan fingerprint density at radius 1 is 1.29 bits per heavy atom. The Balaban J connectivity index is 2.82. The van der Waals surface area contributed by atoms with E-state index < -0.39 is 5.91 Å². The molecule has 0 spiro atoms. The summed E-state index contributed by atoms with van der Waals surface area (Å²) < 4.78 is 0. The summed E-state index contributed by atoms with van der Waals surface area (Å²) in [6.45, 7) is 5.52. The van der Waals surface area contributed by atoms with Crippen molar-refractivity contribution in [2.24, 2.45) is 5.73 Å². The number of nitrogens with two attached hydrogens (primary N) is 1. The second-order valence-corrected chi connectivity index (χ2v) is 4.15. The number of primary amides is 1. The minimum atomic E-state index is -0.504. The van der Waals surface area contributed by atoms with Crippen molar-refractivity contribution in [3.8, 4) is 0 Å². The molecule has 0 fully saturated rings. The molecule has 0 unspecified atom stereocenters. The molecule has 0 heterocycles. The summed E-state index contributed by atoms with van der Waals surface area (Å²) in [5.74, 6) is -0.504. The molecule has 5 heteroatoms. The summed E-state index contributed by atoms with van der Waals surface area (Å²) in [4.78, 5) is 22.6. The van der Waals surface area contributed by atoms with Gasteiger partial charge in [-0.15, -0.1) is 0 Å². The number of carbonyl (C=O) groups is 2. The van der Waals surface area contributed by atoms with Crippen LogP contribution in [0.2, 0.25) is 0 Å². The first-order valence-corrected chi connectivity index (χ1v) is 5.38. The zero-order chi connectivity index (χ0) is 13.0. The molecule has 17 heavy (non-hydrogen) atoms. The van der Waals surface area contributed by atoms with Gasteiger partial charge < -0.3 is 16.4 Å². The Kier molecular flexibility index (Phi) is 4.09. The van der Waals surface area contributed by atoms with Crippen molar-refractivity contribution in [3.63, 3.8) is 0 Å². The van der Waals surface area contributed by atoms with Crippen molar-refractivity contribution < 1.29 is 9.59 Å². The van der Waals surface area contributed by atoms with Crippen LogP contribution in [0.1, 0.15) is 29.8 Å². The SMILES string of the molecule is Cc1ccc(NC(=O)NC(C)C)cc1C(N)=O. The molecule has 0 aromatic heterocycles. The molecule has 1 rings (SSSR count). The lowest BCUT2D eigenvalue weighted by Crippen LogP contribution is -2.34. The fourth-order valence-corrected chi connectivity index (χ4v) is 1.39. The average molecular weight is 235 g/mol. The Morgan fingerprint density at radius 2 is 1.94 bits per heavy atom. The summed E-state index contributed by atoms with van der Waals surface area (Å²) in [5, 5.41) is 5.33. The molecule has 1 aromatic rings. The molecular formula is C12H17N3O2. The lowest BCUT2D eigenvalue weighted by atomic mass is 10.1. The van der Waals surface area contributed by atoms with Gasteiger partial charge in [-0.3, -0.25) is 4.79 Å². The number of amides is 3. The van der Waals surface area contributed by atoms with Crippen LogP contribution in [-0.4, -0.2) is 18.0 Å². The van der Waals surface area contributed by atoms with E-state index in [-0.39, 0.29) is 12.1 Å². The third kappa shape index (κ3) is 3.79. The highest BCUT2D eigenvalue weighted by atomic mass is 16.2. The van der Waals surface area contributed by atoms with Crippen LogP contribution in [0.4, 0.5) is 10.5 Å². The maximum Gasteiger partial charge on any atom is 0.319 e. The predicted molar refractivity (Wildman–Crippen MR) is 67.0 cm³/mol. The van der Waals surface area contributed by atoms with Gasteiger partial charge in [0.15, 0.2) is 0 Å². The van der Waals surface area contributed by atoms with E-state index in [2.05, 4.69) is 10.6 Å². The topological polar surface area (TPSA) is 84.2 Å². The van der Waals surface area contributed by atoms with Crippen LogP contribution in [0.5, 0.6) is 0 Å². The van der Waals surface area contributed by atoms with E-state index in [1.165, 1.54) is 0 Å². The quantitative estimate of drug-likeness (QED) is 0.743. The molecule has 92 valence electrons. The lowest BCUT2D eigenvalue weighted by molar-refractivity contribution is 0.0999. The lowest BCUT2D eigenvalue weighted by Gasteiger charge is -2.11. The third-order valence-electron chi connectivity index (χ3n) is 2.18. The molecule has 3 amide bonds. The fraction of sp³-hybridized carbons (Fsp3) is 0.333. The number of hydrogen-bond donors (Lipinski definition) is 3. The summed E-state index contributed by atoms with van der Waals surface area (Å²) in [7, 11) is 0. The van der Waals surface area contributed by atoms with Gasteiger partial charge in [0.2, 0.25) is 5.91 Å². The maximum atomic E-state index is 11.5. The highest BCUT2D eigenvalue weighted by Crippen LogP contribution is 2.14. The van der Waals surface area contributed by atoms with E-state index in [4.69, 9.17) is 5.73 Å². The van der Waals surface area contributed by atoms with Gasteiger partial charge in [-0.05, 0) is 38.5 Å². The summed E-state index contributed by atoms with van der Waals surface area (Å²) in [6.07, 6.45) is 0. The minimum Gasteiger partial charge on any atom is -0.366 e. The first-order valence-electron chi connectivity index (χ1n) is 5.38. The zero-order valence-electron chi connectivity index (χ0n) is 10.2. The smallest absolute Gasteiger partial charge is 0.319 e. The first-order chi connectivity index (χ1) is 7.90.